The highest BCUT2D eigenvalue weighted by molar-refractivity contribution is 6.30. The number of H-pyrrole nitrogens is 1. The average molecular weight is 592 g/mol. The van der Waals surface area contributed by atoms with E-state index >= 15 is 0 Å². The van der Waals surface area contributed by atoms with E-state index in [4.69, 9.17) is 21.3 Å². The van der Waals surface area contributed by atoms with Crippen molar-refractivity contribution in [3.05, 3.63) is 101 Å². The second-order valence-corrected chi connectivity index (χ2v) is 11.4. The normalized spacial score (nSPS) is 14.7. The summed E-state index contributed by atoms with van der Waals surface area (Å²) < 4.78 is 5.66. The molecule has 4 aromatic carbocycles. The molecule has 0 bridgehead atoms. The Kier molecular flexibility index (Phi) is 7.20. The number of nitrogens with one attached hydrogen (secondary N) is 2. The van der Waals surface area contributed by atoms with Gasteiger partial charge in [0.05, 0.1) is 17.6 Å². The molecule has 0 unspecified atom stereocenters. The Balaban J connectivity index is 1.02. The first-order valence-corrected chi connectivity index (χ1v) is 14.9. The van der Waals surface area contributed by atoms with Crippen molar-refractivity contribution in [2.75, 3.05) is 34.8 Å². The summed E-state index contributed by atoms with van der Waals surface area (Å²) in [6.07, 6.45) is 3.73. The molecule has 7 rings (SSSR count). The molecule has 3 heterocycles. The van der Waals surface area contributed by atoms with E-state index in [1.54, 1.807) is 24.3 Å². The molecule has 2 N–H and O–H groups in total. The van der Waals surface area contributed by atoms with E-state index < -0.39 is 0 Å². The van der Waals surface area contributed by atoms with Crippen LogP contribution in [0.2, 0.25) is 5.02 Å². The van der Waals surface area contributed by atoms with Crippen molar-refractivity contribution < 1.29 is 14.3 Å². The molecule has 216 valence electrons. The lowest BCUT2D eigenvalue weighted by molar-refractivity contribution is -0.118. The minimum atomic E-state index is -0.262. The number of anilines is 3. The number of carbonyl (C=O) groups excluding carboxylic acids is 2. The number of rotatable bonds is 7. The van der Waals surface area contributed by atoms with Gasteiger partial charge in [-0.3, -0.25) is 9.59 Å². The predicted molar refractivity (Wildman–Crippen MR) is 170 cm³/mol. The summed E-state index contributed by atoms with van der Waals surface area (Å²) in [5.74, 6) is 1.04. The molecule has 2 aliphatic rings. The summed E-state index contributed by atoms with van der Waals surface area (Å²) in [5, 5.41) is 3.38. The molecule has 0 saturated carbocycles. The SMILES string of the molecule is O=C(COc1ccc(-c2nc3ccc(N4Cc5cc(N6CCCCC6)ccc5C4=O)cc3[nH]2)cc1)Nc1ccc(Cl)cc1. The number of aromatic nitrogens is 2. The predicted octanol–water partition coefficient (Wildman–Crippen LogP) is 7.05. The Morgan fingerprint density at radius 2 is 1.67 bits per heavy atom. The molecule has 0 atom stereocenters. The Morgan fingerprint density at radius 1 is 0.907 bits per heavy atom. The lowest BCUT2D eigenvalue weighted by atomic mass is 10.1. The quantitative estimate of drug-likeness (QED) is 0.212. The van der Waals surface area contributed by atoms with Gasteiger partial charge in [0.25, 0.3) is 11.8 Å². The van der Waals surface area contributed by atoms with E-state index in [-0.39, 0.29) is 18.4 Å². The first-order chi connectivity index (χ1) is 21.0. The van der Waals surface area contributed by atoms with Crippen molar-refractivity contribution >= 4 is 51.5 Å². The van der Waals surface area contributed by atoms with Gasteiger partial charge in [-0.15, -0.1) is 0 Å². The van der Waals surface area contributed by atoms with Crippen LogP contribution in [0.25, 0.3) is 22.4 Å². The van der Waals surface area contributed by atoms with Crippen molar-refractivity contribution in [1.82, 2.24) is 9.97 Å². The number of hydrogen-bond donors (Lipinski definition) is 2. The molecule has 1 fully saturated rings. The van der Waals surface area contributed by atoms with Gasteiger partial charge in [-0.2, -0.15) is 0 Å². The summed E-state index contributed by atoms with van der Waals surface area (Å²) in [4.78, 5) is 38.0. The van der Waals surface area contributed by atoms with Crippen molar-refractivity contribution in [3.63, 3.8) is 0 Å². The number of piperidine rings is 1. The maximum Gasteiger partial charge on any atom is 0.262 e. The van der Waals surface area contributed by atoms with Crippen LogP contribution < -0.4 is 19.9 Å². The molecule has 2 aliphatic heterocycles. The molecule has 0 spiro atoms. The molecule has 0 aliphatic carbocycles. The first kappa shape index (κ1) is 27.0. The van der Waals surface area contributed by atoms with Crippen LogP contribution in [0.15, 0.2) is 84.9 Å². The number of hydrogen-bond acceptors (Lipinski definition) is 5. The molecule has 9 heteroatoms. The summed E-state index contributed by atoms with van der Waals surface area (Å²) in [6.45, 7) is 2.59. The minimum absolute atomic E-state index is 0.0247. The van der Waals surface area contributed by atoms with Crippen LogP contribution in [-0.2, 0) is 11.3 Å². The maximum atomic E-state index is 13.3. The third-order valence-electron chi connectivity index (χ3n) is 8.02. The molecule has 8 nitrogen and oxygen atoms in total. The average Bonchev–Trinajstić information content (AvgIpc) is 3.62. The number of ether oxygens (including phenoxy) is 1. The van der Waals surface area contributed by atoms with E-state index in [9.17, 15) is 9.59 Å². The standard InChI is InChI=1S/C34H30ClN5O3/c35-24-6-8-25(9-7-24)36-32(41)21-43-28-12-4-22(5-13-28)33-37-30-15-11-27(19-31(30)38-33)40-20-23-18-26(10-14-29(23)34(40)42)39-16-2-1-3-17-39/h4-15,18-19H,1-3,16-17,20-21H2,(H,36,41)(H,37,38). The summed E-state index contributed by atoms with van der Waals surface area (Å²) in [6, 6.07) is 26.4. The Labute approximate surface area is 254 Å². The van der Waals surface area contributed by atoms with Crippen LogP contribution in [0.3, 0.4) is 0 Å². The number of carbonyl (C=O) groups is 2. The number of fused-ring (bicyclic) bond motifs is 2. The van der Waals surface area contributed by atoms with E-state index in [2.05, 4.69) is 27.3 Å². The molecule has 1 aromatic heterocycles. The zero-order chi connectivity index (χ0) is 29.3. The lowest BCUT2D eigenvalue weighted by Crippen LogP contribution is -2.29. The van der Waals surface area contributed by atoms with Gasteiger partial charge in [-0.1, -0.05) is 11.6 Å². The van der Waals surface area contributed by atoms with Crippen LogP contribution >= 0.6 is 11.6 Å². The number of aromatic amines is 1. The van der Waals surface area contributed by atoms with E-state index in [0.717, 1.165) is 46.5 Å². The van der Waals surface area contributed by atoms with Gasteiger partial charge in [0, 0.05) is 46.3 Å². The van der Waals surface area contributed by atoms with Gasteiger partial charge in [0.15, 0.2) is 6.61 Å². The largest absolute Gasteiger partial charge is 0.484 e. The van der Waals surface area contributed by atoms with E-state index in [1.807, 2.05) is 53.4 Å². The van der Waals surface area contributed by atoms with Crippen molar-refractivity contribution in [3.8, 4) is 17.1 Å². The Morgan fingerprint density at radius 3 is 2.47 bits per heavy atom. The van der Waals surface area contributed by atoms with Crippen LogP contribution in [0.4, 0.5) is 17.1 Å². The van der Waals surface area contributed by atoms with Gasteiger partial charge in [-0.05, 0) is 110 Å². The number of nitrogens with zero attached hydrogens (tertiary/aromatic N) is 3. The van der Waals surface area contributed by atoms with Crippen molar-refractivity contribution in [2.24, 2.45) is 0 Å². The van der Waals surface area contributed by atoms with Crippen molar-refractivity contribution in [1.29, 1.82) is 0 Å². The Hall–Kier alpha value is -4.82. The fraction of sp³-hybridized carbons (Fsp3) is 0.206. The molecule has 5 aromatic rings. The minimum Gasteiger partial charge on any atom is -0.484 e. The second kappa shape index (κ2) is 11.5. The van der Waals surface area contributed by atoms with Gasteiger partial charge in [0.1, 0.15) is 11.6 Å². The van der Waals surface area contributed by atoms with Crippen LogP contribution in [-0.4, -0.2) is 41.5 Å². The molecule has 1 saturated heterocycles. The van der Waals surface area contributed by atoms with Gasteiger partial charge in [-0.25, -0.2) is 4.98 Å². The second-order valence-electron chi connectivity index (χ2n) is 10.9. The third-order valence-corrected chi connectivity index (χ3v) is 8.27. The monoisotopic (exact) mass is 591 g/mol. The molecule has 2 amide bonds. The summed E-state index contributed by atoms with van der Waals surface area (Å²) >= 11 is 5.89. The maximum absolute atomic E-state index is 13.3. The highest BCUT2D eigenvalue weighted by Crippen LogP contribution is 2.33. The Bertz CT molecular complexity index is 1810. The van der Waals surface area contributed by atoms with Crippen molar-refractivity contribution in [2.45, 2.75) is 25.8 Å². The molecular formula is C34H30ClN5O3. The summed E-state index contributed by atoms with van der Waals surface area (Å²) in [5.41, 5.74) is 7.09. The topological polar surface area (TPSA) is 90.6 Å². The first-order valence-electron chi connectivity index (χ1n) is 14.5. The van der Waals surface area contributed by atoms with E-state index in [0.29, 0.717) is 28.8 Å². The highest BCUT2D eigenvalue weighted by Gasteiger charge is 2.29. The van der Waals surface area contributed by atoms with Gasteiger partial charge >= 0.3 is 0 Å². The highest BCUT2D eigenvalue weighted by atomic mass is 35.5. The van der Waals surface area contributed by atoms with Crippen LogP contribution in [0.1, 0.15) is 35.2 Å². The number of halogens is 1. The summed E-state index contributed by atoms with van der Waals surface area (Å²) in [7, 11) is 0. The lowest BCUT2D eigenvalue weighted by Gasteiger charge is -2.29. The number of imidazole rings is 1. The number of benzene rings is 4. The third kappa shape index (κ3) is 5.66. The van der Waals surface area contributed by atoms with E-state index in [1.165, 1.54) is 24.9 Å². The van der Waals surface area contributed by atoms with Crippen LogP contribution in [0.5, 0.6) is 5.75 Å². The fourth-order valence-electron chi connectivity index (χ4n) is 5.75. The number of amides is 2. The molecule has 0 radical (unpaired) electrons. The molecule has 43 heavy (non-hydrogen) atoms. The smallest absolute Gasteiger partial charge is 0.262 e. The molecular weight excluding hydrogens is 562 g/mol. The zero-order valence-corrected chi connectivity index (χ0v) is 24.2. The van der Waals surface area contributed by atoms with Gasteiger partial charge in [0.2, 0.25) is 0 Å². The zero-order valence-electron chi connectivity index (χ0n) is 23.5. The van der Waals surface area contributed by atoms with Crippen LogP contribution in [0, 0.1) is 0 Å². The van der Waals surface area contributed by atoms with Gasteiger partial charge < -0.3 is 24.8 Å². The fourth-order valence-corrected chi connectivity index (χ4v) is 5.88.